The molecule has 4 aliphatic rings. The quantitative estimate of drug-likeness (QED) is 0.511. The molecule has 1 amide bonds. The van der Waals surface area contributed by atoms with Crippen molar-refractivity contribution in [3.05, 3.63) is 42.4 Å². The minimum absolute atomic E-state index is 0.0591. The van der Waals surface area contributed by atoms with E-state index in [1.54, 1.807) is 6.33 Å². The van der Waals surface area contributed by atoms with Crippen molar-refractivity contribution in [3.8, 4) is 11.3 Å². The van der Waals surface area contributed by atoms with Crippen LogP contribution in [0.4, 0.5) is 17.3 Å². The monoisotopic (exact) mass is 499 g/mol. The number of imidazole rings is 1. The van der Waals surface area contributed by atoms with Crippen LogP contribution in [0, 0.1) is 0 Å². The number of anilines is 3. The highest BCUT2D eigenvalue weighted by atomic mass is 16.2. The molecule has 0 unspecified atom stereocenters. The number of likely N-dealkylation sites (tertiary alicyclic amines) is 1. The molecular formula is C27H33N9O. The summed E-state index contributed by atoms with van der Waals surface area (Å²) in [6.07, 6.45) is 11.6. The molecule has 0 atom stereocenters. The predicted octanol–water partition coefficient (Wildman–Crippen LogP) is 3.07. The van der Waals surface area contributed by atoms with E-state index in [-0.39, 0.29) is 12.5 Å². The minimum Gasteiger partial charge on any atom is -0.359 e. The molecule has 3 aromatic heterocycles. The van der Waals surface area contributed by atoms with Crippen LogP contribution in [-0.4, -0.2) is 74.6 Å². The molecule has 3 aliphatic heterocycles. The number of nitrogens with one attached hydrogen (secondary N) is 2. The molecule has 0 radical (unpaired) electrons. The van der Waals surface area contributed by atoms with Crippen LogP contribution in [0.15, 0.2) is 30.9 Å². The molecule has 10 nitrogen and oxygen atoms in total. The van der Waals surface area contributed by atoms with Gasteiger partial charge >= 0.3 is 0 Å². The summed E-state index contributed by atoms with van der Waals surface area (Å²) in [6, 6.07) is 4.34. The molecule has 3 fully saturated rings. The molecule has 7 rings (SSSR count). The van der Waals surface area contributed by atoms with E-state index in [0.29, 0.717) is 23.3 Å². The Bertz CT molecular complexity index is 1300. The van der Waals surface area contributed by atoms with Crippen LogP contribution in [0.2, 0.25) is 0 Å². The van der Waals surface area contributed by atoms with E-state index in [4.69, 9.17) is 4.98 Å². The molecule has 6 heterocycles. The first-order valence-corrected chi connectivity index (χ1v) is 13.6. The Hall–Kier alpha value is -3.53. The Kier molecular flexibility index (Phi) is 5.76. The van der Waals surface area contributed by atoms with Gasteiger partial charge in [-0.25, -0.2) is 15.0 Å². The summed E-state index contributed by atoms with van der Waals surface area (Å²) < 4.78 is 2.40. The van der Waals surface area contributed by atoms with Gasteiger partial charge in [-0.3, -0.25) is 9.78 Å². The van der Waals surface area contributed by atoms with Gasteiger partial charge in [0, 0.05) is 61.7 Å². The van der Waals surface area contributed by atoms with E-state index in [0.717, 1.165) is 50.5 Å². The highest BCUT2D eigenvalue weighted by molar-refractivity contribution is 6.02. The highest BCUT2D eigenvalue weighted by Crippen LogP contribution is 2.40. The van der Waals surface area contributed by atoms with Gasteiger partial charge in [-0.1, -0.05) is 0 Å². The number of rotatable bonds is 7. The Labute approximate surface area is 216 Å². The second-order valence-corrected chi connectivity index (χ2v) is 10.7. The van der Waals surface area contributed by atoms with Crippen LogP contribution in [0.5, 0.6) is 0 Å². The summed E-state index contributed by atoms with van der Waals surface area (Å²) >= 11 is 0. The third-order valence-electron chi connectivity index (χ3n) is 8.15. The molecule has 0 bridgehead atoms. The smallest absolute Gasteiger partial charge is 0.243 e. The van der Waals surface area contributed by atoms with Gasteiger partial charge < -0.3 is 25.0 Å². The van der Waals surface area contributed by atoms with Crippen LogP contribution in [0.3, 0.4) is 0 Å². The summed E-state index contributed by atoms with van der Waals surface area (Å²) in [4.78, 5) is 35.4. The summed E-state index contributed by atoms with van der Waals surface area (Å²) in [5.74, 6) is 3.65. The fourth-order valence-corrected chi connectivity index (χ4v) is 5.70. The molecule has 2 saturated heterocycles. The van der Waals surface area contributed by atoms with E-state index >= 15 is 0 Å². The lowest BCUT2D eigenvalue weighted by molar-refractivity contribution is -0.114. The lowest BCUT2D eigenvalue weighted by atomic mass is 9.95. The number of hydrogen-bond donors (Lipinski definition) is 2. The molecule has 1 saturated carbocycles. The standard InChI is InChI=1S/C27H33N9O/c37-23-15-29-25-24(33-23)27(31-17-30-25)35-10-5-19(6-11-35)26-32-22(16-36(26)13-12-34-8-1-9-34)20-4-7-28-21(14-20)18-2-3-18/h4,7,14,16-19H,1-3,5-6,8-13,15H2,(H,33,37)(H,29,30,31). The van der Waals surface area contributed by atoms with Crippen molar-refractivity contribution in [2.75, 3.05) is 54.8 Å². The zero-order chi connectivity index (χ0) is 24.8. The number of amides is 1. The van der Waals surface area contributed by atoms with Gasteiger partial charge in [-0.05, 0) is 57.3 Å². The highest BCUT2D eigenvalue weighted by Gasteiger charge is 2.30. The molecule has 3 aromatic rings. The van der Waals surface area contributed by atoms with Gasteiger partial charge in [0.25, 0.3) is 0 Å². The second kappa shape index (κ2) is 9.41. The lowest BCUT2D eigenvalue weighted by Gasteiger charge is -2.35. The molecule has 37 heavy (non-hydrogen) atoms. The van der Waals surface area contributed by atoms with Gasteiger partial charge in [0.05, 0.1) is 12.2 Å². The van der Waals surface area contributed by atoms with E-state index in [9.17, 15) is 4.79 Å². The van der Waals surface area contributed by atoms with Crippen molar-refractivity contribution < 1.29 is 4.79 Å². The Morgan fingerprint density at radius 1 is 0.973 bits per heavy atom. The molecule has 2 N–H and O–H groups in total. The van der Waals surface area contributed by atoms with Gasteiger partial charge in [0.2, 0.25) is 5.91 Å². The van der Waals surface area contributed by atoms with Crippen LogP contribution in [-0.2, 0) is 11.3 Å². The summed E-state index contributed by atoms with van der Waals surface area (Å²) in [6.45, 7) is 6.43. The molecule has 0 spiro atoms. The maximum Gasteiger partial charge on any atom is 0.243 e. The number of hydrogen-bond acceptors (Lipinski definition) is 8. The number of aromatic nitrogens is 5. The Morgan fingerprint density at radius 3 is 2.62 bits per heavy atom. The maximum absolute atomic E-state index is 12.0. The summed E-state index contributed by atoms with van der Waals surface area (Å²) in [5.41, 5.74) is 4.13. The van der Waals surface area contributed by atoms with E-state index < -0.39 is 0 Å². The lowest BCUT2D eigenvalue weighted by Crippen LogP contribution is -2.39. The maximum atomic E-state index is 12.0. The number of carbonyl (C=O) groups is 1. The number of fused-ring (bicyclic) bond motifs is 1. The molecule has 192 valence electrons. The SMILES string of the molecule is O=C1CNc2ncnc(N3CCC(c4nc(-c5ccnc(C6CC6)c5)cn4CCN4CCC4)CC3)c2N1. The fraction of sp³-hybridized carbons (Fsp3) is 0.519. The minimum atomic E-state index is -0.0591. The fourth-order valence-electron chi connectivity index (χ4n) is 5.70. The van der Waals surface area contributed by atoms with E-state index in [2.05, 4.69) is 58.3 Å². The van der Waals surface area contributed by atoms with Crippen molar-refractivity contribution in [2.24, 2.45) is 0 Å². The van der Waals surface area contributed by atoms with Gasteiger partial charge in [-0.2, -0.15) is 0 Å². The number of pyridine rings is 1. The first kappa shape index (κ1) is 22.7. The largest absolute Gasteiger partial charge is 0.359 e. The zero-order valence-corrected chi connectivity index (χ0v) is 21.1. The van der Waals surface area contributed by atoms with Crippen LogP contribution >= 0.6 is 0 Å². The zero-order valence-electron chi connectivity index (χ0n) is 21.1. The number of nitrogens with zero attached hydrogens (tertiary/aromatic N) is 7. The van der Waals surface area contributed by atoms with Crippen molar-refractivity contribution in [3.63, 3.8) is 0 Å². The third kappa shape index (κ3) is 4.54. The number of carbonyl (C=O) groups excluding carboxylic acids is 1. The van der Waals surface area contributed by atoms with Crippen LogP contribution < -0.4 is 15.5 Å². The third-order valence-corrected chi connectivity index (χ3v) is 8.15. The molecule has 10 heteroatoms. The average Bonchev–Trinajstić information content (AvgIpc) is 3.67. The predicted molar refractivity (Wildman–Crippen MR) is 142 cm³/mol. The summed E-state index contributed by atoms with van der Waals surface area (Å²) in [5, 5.41) is 6.05. The van der Waals surface area contributed by atoms with E-state index in [1.165, 1.54) is 49.4 Å². The van der Waals surface area contributed by atoms with Gasteiger partial charge in [0.15, 0.2) is 11.6 Å². The Balaban J connectivity index is 1.12. The van der Waals surface area contributed by atoms with Crippen LogP contribution in [0.1, 0.15) is 55.5 Å². The topological polar surface area (TPSA) is 104 Å². The first-order valence-electron chi connectivity index (χ1n) is 13.6. The van der Waals surface area contributed by atoms with Crippen LogP contribution in [0.25, 0.3) is 11.3 Å². The van der Waals surface area contributed by atoms with Crippen molar-refractivity contribution in [1.82, 2.24) is 29.4 Å². The number of piperidine rings is 1. The van der Waals surface area contributed by atoms with E-state index in [1.807, 2.05) is 6.20 Å². The second-order valence-electron chi connectivity index (χ2n) is 10.7. The van der Waals surface area contributed by atoms with Gasteiger partial charge in [-0.15, -0.1) is 0 Å². The molecule has 1 aliphatic carbocycles. The molecule has 0 aromatic carbocycles. The normalized spacial score (nSPS) is 20.2. The summed E-state index contributed by atoms with van der Waals surface area (Å²) in [7, 11) is 0. The van der Waals surface area contributed by atoms with Crippen molar-refractivity contribution >= 4 is 23.2 Å². The average molecular weight is 500 g/mol. The first-order chi connectivity index (χ1) is 18.2. The Morgan fingerprint density at radius 2 is 1.84 bits per heavy atom. The van der Waals surface area contributed by atoms with Crippen molar-refractivity contribution in [1.29, 1.82) is 0 Å². The van der Waals surface area contributed by atoms with Crippen molar-refractivity contribution in [2.45, 2.75) is 50.5 Å². The van der Waals surface area contributed by atoms with Gasteiger partial charge in [0.1, 0.15) is 17.8 Å². The molecular weight excluding hydrogens is 466 g/mol.